The third-order valence-electron chi connectivity index (χ3n) is 2.65. The van der Waals surface area contributed by atoms with Gasteiger partial charge in [0.15, 0.2) is 0 Å². The number of nitro groups is 1. The topological polar surface area (TPSA) is 85.1 Å². The van der Waals surface area contributed by atoms with E-state index < -0.39 is 10.8 Å². The predicted octanol–water partition coefficient (Wildman–Crippen LogP) is 3.86. The molecule has 1 N–H and O–H groups in total. The fourth-order valence-corrected chi connectivity index (χ4v) is 2.21. The number of carbonyl (C=O) groups is 1. The first-order valence-electron chi connectivity index (χ1n) is 5.75. The van der Waals surface area contributed by atoms with E-state index in [0.717, 1.165) is 6.20 Å². The Balaban J connectivity index is 2.23. The van der Waals surface area contributed by atoms with Gasteiger partial charge in [0, 0.05) is 21.2 Å². The number of halogens is 2. The number of hydrogen-bond acceptors (Lipinski definition) is 4. The van der Waals surface area contributed by atoms with Gasteiger partial charge in [-0.05, 0) is 31.2 Å². The lowest BCUT2D eigenvalue weighted by molar-refractivity contribution is -0.385. The Hall–Kier alpha value is -2.18. The van der Waals surface area contributed by atoms with Crippen molar-refractivity contribution in [2.24, 2.45) is 0 Å². The van der Waals surface area contributed by atoms with Crippen molar-refractivity contribution >= 4 is 40.6 Å². The van der Waals surface area contributed by atoms with Gasteiger partial charge in [-0.15, -0.1) is 0 Å². The number of pyridine rings is 1. The number of rotatable bonds is 3. The van der Waals surface area contributed by atoms with E-state index in [1.807, 2.05) is 0 Å². The summed E-state index contributed by atoms with van der Waals surface area (Å²) in [4.78, 5) is 26.0. The van der Waals surface area contributed by atoms with Crippen molar-refractivity contribution in [3.8, 4) is 0 Å². The van der Waals surface area contributed by atoms with Crippen LogP contribution in [0.1, 0.15) is 15.9 Å². The summed E-state index contributed by atoms with van der Waals surface area (Å²) in [5.74, 6) is -0.251. The van der Waals surface area contributed by atoms with E-state index >= 15 is 0 Å². The molecule has 0 fully saturated rings. The number of anilines is 1. The van der Waals surface area contributed by atoms with Gasteiger partial charge in [0.2, 0.25) is 0 Å². The van der Waals surface area contributed by atoms with E-state index in [1.165, 1.54) is 24.3 Å². The molecule has 2 rings (SSSR count). The maximum absolute atomic E-state index is 12.0. The number of amides is 1. The molecular weight excluding hydrogens is 317 g/mol. The highest BCUT2D eigenvalue weighted by Crippen LogP contribution is 2.21. The summed E-state index contributed by atoms with van der Waals surface area (Å²) < 4.78 is 0. The van der Waals surface area contributed by atoms with Crippen molar-refractivity contribution in [3.05, 3.63) is 61.7 Å². The standard InChI is InChI=1S/C13H9Cl2N3O3/c1-7-2-12(16-6-11(7)18(20)21)17-13(19)8-3-9(14)5-10(15)4-8/h2-6H,1H3,(H,16,17,19). The van der Waals surface area contributed by atoms with Crippen molar-refractivity contribution in [2.45, 2.75) is 6.92 Å². The van der Waals surface area contributed by atoms with Crippen LogP contribution in [0, 0.1) is 17.0 Å². The van der Waals surface area contributed by atoms with Gasteiger partial charge in [-0.3, -0.25) is 14.9 Å². The highest BCUT2D eigenvalue weighted by Gasteiger charge is 2.14. The average molecular weight is 326 g/mol. The van der Waals surface area contributed by atoms with Gasteiger partial charge in [-0.1, -0.05) is 23.2 Å². The lowest BCUT2D eigenvalue weighted by Gasteiger charge is -2.06. The second-order valence-electron chi connectivity index (χ2n) is 4.23. The molecule has 0 saturated heterocycles. The Labute approximate surface area is 129 Å². The molecule has 1 amide bonds. The third-order valence-corrected chi connectivity index (χ3v) is 3.08. The Morgan fingerprint density at radius 1 is 1.24 bits per heavy atom. The van der Waals surface area contributed by atoms with E-state index in [9.17, 15) is 14.9 Å². The summed E-state index contributed by atoms with van der Waals surface area (Å²) in [5, 5.41) is 13.9. The minimum Gasteiger partial charge on any atom is -0.307 e. The molecule has 0 aliphatic carbocycles. The molecule has 0 bridgehead atoms. The number of hydrogen-bond donors (Lipinski definition) is 1. The molecule has 0 aliphatic heterocycles. The lowest BCUT2D eigenvalue weighted by Crippen LogP contribution is -2.13. The molecule has 0 saturated carbocycles. The molecule has 0 spiro atoms. The van der Waals surface area contributed by atoms with E-state index in [-0.39, 0.29) is 17.1 Å². The van der Waals surface area contributed by atoms with Crippen molar-refractivity contribution in [3.63, 3.8) is 0 Å². The Morgan fingerprint density at radius 2 is 1.86 bits per heavy atom. The number of nitrogens with one attached hydrogen (secondary N) is 1. The van der Waals surface area contributed by atoms with E-state index in [1.54, 1.807) is 6.92 Å². The van der Waals surface area contributed by atoms with Crippen molar-refractivity contribution < 1.29 is 9.72 Å². The average Bonchev–Trinajstić information content (AvgIpc) is 2.37. The Morgan fingerprint density at radius 3 is 2.38 bits per heavy atom. The van der Waals surface area contributed by atoms with Crippen LogP contribution in [0.15, 0.2) is 30.5 Å². The summed E-state index contributed by atoms with van der Waals surface area (Å²) in [6.45, 7) is 1.56. The molecule has 2 aromatic rings. The maximum atomic E-state index is 12.0. The largest absolute Gasteiger partial charge is 0.307 e. The number of nitrogens with zero attached hydrogens (tertiary/aromatic N) is 2. The summed E-state index contributed by atoms with van der Waals surface area (Å²) in [5.41, 5.74) is 0.554. The Kier molecular flexibility index (Phi) is 4.40. The van der Waals surface area contributed by atoms with Crippen molar-refractivity contribution in [1.29, 1.82) is 0 Å². The molecule has 1 aromatic carbocycles. The van der Waals surface area contributed by atoms with Gasteiger partial charge in [-0.2, -0.15) is 0 Å². The number of carbonyl (C=O) groups excluding carboxylic acids is 1. The monoisotopic (exact) mass is 325 g/mol. The quantitative estimate of drug-likeness (QED) is 0.685. The fourth-order valence-electron chi connectivity index (χ4n) is 1.68. The van der Waals surface area contributed by atoms with Crippen LogP contribution >= 0.6 is 23.2 Å². The minimum absolute atomic E-state index is 0.112. The zero-order valence-corrected chi connectivity index (χ0v) is 12.3. The predicted molar refractivity (Wildman–Crippen MR) is 80.0 cm³/mol. The van der Waals surface area contributed by atoms with Gasteiger partial charge in [0.05, 0.1) is 4.92 Å². The van der Waals surface area contributed by atoms with Crippen LogP contribution in [0.3, 0.4) is 0 Å². The van der Waals surface area contributed by atoms with Crippen LogP contribution in [-0.4, -0.2) is 15.8 Å². The van der Waals surface area contributed by atoms with Crippen LogP contribution in [0.2, 0.25) is 10.0 Å². The zero-order valence-electron chi connectivity index (χ0n) is 10.8. The Bertz CT molecular complexity index is 714. The maximum Gasteiger partial charge on any atom is 0.290 e. The van der Waals surface area contributed by atoms with Crippen molar-refractivity contribution in [1.82, 2.24) is 4.98 Å². The van der Waals surface area contributed by atoms with Crippen LogP contribution in [0.4, 0.5) is 11.5 Å². The fraction of sp³-hybridized carbons (Fsp3) is 0.0769. The van der Waals surface area contributed by atoms with Crippen LogP contribution in [0.5, 0.6) is 0 Å². The third kappa shape index (κ3) is 3.68. The first kappa shape index (κ1) is 15.2. The normalized spacial score (nSPS) is 10.2. The smallest absolute Gasteiger partial charge is 0.290 e. The highest BCUT2D eigenvalue weighted by atomic mass is 35.5. The molecule has 1 aromatic heterocycles. The number of aromatic nitrogens is 1. The molecule has 6 nitrogen and oxygen atoms in total. The number of benzene rings is 1. The summed E-state index contributed by atoms with van der Waals surface area (Å²) in [7, 11) is 0. The molecule has 0 aliphatic rings. The summed E-state index contributed by atoms with van der Waals surface area (Å²) in [6.07, 6.45) is 1.09. The molecule has 0 radical (unpaired) electrons. The minimum atomic E-state index is -0.537. The van der Waals surface area contributed by atoms with Gasteiger partial charge in [0.25, 0.3) is 11.6 Å². The summed E-state index contributed by atoms with van der Waals surface area (Å²) in [6, 6.07) is 5.85. The van der Waals surface area contributed by atoms with E-state index in [0.29, 0.717) is 15.6 Å². The van der Waals surface area contributed by atoms with Gasteiger partial charge in [0.1, 0.15) is 12.0 Å². The molecule has 8 heteroatoms. The molecule has 108 valence electrons. The molecule has 1 heterocycles. The second kappa shape index (κ2) is 6.07. The first-order valence-corrected chi connectivity index (χ1v) is 6.51. The first-order chi connectivity index (χ1) is 9.86. The lowest BCUT2D eigenvalue weighted by atomic mass is 10.2. The number of aryl methyl sites for hydroxylation is 1. The highest BCUT2D eigenvalue weighted by molar-refractivity contribution is 6.35. The van der Waals surface area contributed by atoms with Crippen molar-refractivity contribution in [2.75, 3.05) is 5.32 Å². The van der Waals surface area contributed by atoms with Gasteiger partial charge < -0.3 is 5.32 Å². The second-order valence-corrected chi connectivity index (χ2v) is 5.10. The van der Waals surface area contributed by atoms with Gasteiger partial charge >= 0.3 is 0 Å². The van der Waals surface area contributed by atoms with Crippen LogP contribution < -0.4 is 5.32 Å². The molecule has 21 heavy (non-hydrogen) atoms. The molecule has 0 unspecified atom stereocenters. The van der Waals surface area contributed by atoms with E-state index in [2.05, 4.69) is 10.3 Å². The summed E-state index contributed by atoms with van der Waals surface area (Å²) >= 11 is 11.6. The van der Waals surface area contributed by atoms with E-state index in [4.69, 9.17) is 23.2 Å². The molecular formula is C13H9Cl2N3O3. The molecule has 0 atom stereocenters. The van der Waals surface area contributed by atoms with Crippen LogP contribution in [-0.2, 0) is 0 Å². The van der Waals surface area contributed by atoms with Crippen LogP contribution in [0.25, 0.3) is 0 Å². The van der Waals surface area contributed by atoms with Gasteiger partial charge in [-0.25, -0.2) is 4.98 Å². The SMILES string of the molecule is Cc1cc(NC(=O)c2cc(Cl)cc(Cl)c2)ncc1[N+](=O)[O-]. The zero-order chi connectivity index (χ0) is 15.6.